The summed E-state index contributed by atoms with van der Waals surface area (Å²) in [5.41, 5.74) is 0. The van der Waals surface area contributed by atoms with Gasteiger partial charge in [0.1, 0.15) is 5.94 Å². The molecule has 0 spiro atoms. The van der Waals surface area contributed by atoms with Crippen LogP contribution in [-0.4, -0.2) is 29.8 Å². The van der Waals surface area contributed by atoms with Crippen molar-refractivity contribution in [3.8, 4) is 0 Å². The molecular formula is C4H12BO2S2. The van der Waals surface area contributed by atoms with Crippen LogP contribution in [0.4, 0.5) is 0 Å². The van der Waals surface area contributed by atoms with Gasteiger partial charge in [0.2, 0.25) is 6.56 Å². The maximum absolute atomic E-state index is 8.76. The number of hydrogen-bond donors (Lipinski definition) is 2. The van der Waals surface area contributed by atoms with E-state index in [2.05, 4.69) is 12.6 Å². The van der Waals surface area contributed by atoms with Crippen LogP contribution in [-0.2, 0) is 4.18 Å². The lowest BCUT2D eigenvalue weighted by molar-refractivity contribution is 0.347. The van der Waals surface area contributed by atoms with E-state index in [1.54, 1.807) is 0 Å². The Labute approximate surface area is 64.1 Å². The minimum Gasteiger partial charge on any atom is -0.386 e. The van der Waals surface area contributed by atoms with Crippen LogP contribution < -0.4 is 0 Å². The molecule has 1 unspecified atom stereocenters. The first-order valence-electron chi connectivity index (χ1n) is 2.60. The Morgan fingerprint density at radius 1 is 1.78 bits per heavy atom. The lowest BCUT2D eigenvalue weighted by Crippen LogP contribution is -2.11. The molecule has 1 N–H and O–H groups in total. The van der Waals surface area contributed by atoms with Crippen molar-refractivity contribution in [2.45, 2.75) is 6.82 Å². The van der Waals surface area contributed by atoms with Crippen LogP contribution in [0.2, 0.25) is 6.82 Å². The smallest absolute Gasteiger partial charge is 0.202 e. The maximum atomic E-state index is 8.76. The molecule has 0 bridgehead atoms. The van der Waals surface area contributed by atoms with Gasteiger partial charge in [-0.15, -0.1) is 0 Å². The van der Waals surface area contributed by atoms with Crippen molar-refractivity contribution >= 4 is 29.3 Å². The van der Waals surface area contributed by atoms with Crippen molar-refractivity contribution in [2.75, 3.05) is 18.1 Å². The van der Waals surface area contributed by atoms with Crippen molar-refractivity contribution in [1.29, 1.82) is 0 Å². The highest BCUT2D eigenvalue weighted by Gasteiger charge is 2.14. The molecule has 0 aromatic carbocycles. The molecule has 0 amide bonds. The highest BCUT2D eigenvalue weighted by atomic mass is 32.3. The van der Waals surface area contributed by atoms with Gasteiger partial charge in [-0.1, -0.05) is 6.82 Å². The third-order valence-electron chi connectivity index (χ3n) is 1.08. The largest absolute Gasteiger partial charge is 0.386 e. The summed E-state index contributed by atoms with van der Waals surface area (Å²) in [6, 6.07) is 0. The molecule has 2 nitrogen and oxygen atoms in total. The van der Waals surface area contributed by atoms with Crippen molar-refractivity contribution in [2.24, 2.45) is 0 Å². The Morgan fingerprint density at radius 3 is 2.44 bits per heavy atom. The van der Waals surface area contributed by atoms with E-state index in [0.717, 1.165) is 0 Å². The van der Waals surface area contributed by atoms with Crippen LogP contribution >= 0.6 is 22.8 Å². The minimum atomic E-state index is -1.31. The van der Waals surface area contributed by atoms with E-state index in [0.29, 0.717) is 5.94 Å². The summed E-state index contributed by atoms with van der Waals surface area (Å²) in [6.45, 7) is 3.78. The van der Waals surface area contributed by atoms with Crippen molar-refractivity contribution < 1.29 is 9.29 Å². The van der Waals surface area contributed by atoms with Gasteiger partial charge in [-0.3, -0.25) is 0 Å². The molecular weight excluding hydrogens is 155 g/mol. The fraction of sp³-hybridized carbons (Fsp3) is 1.00. The first-order chi connectivity index (χ1) is 4.18. The monoisotopic (exact) mass is 167 g/mol. The summed E-state index contributed by atoms with van der Waals surface area (Å²) in [4.78, 5) is 0. The normalized spacial score (nSPS) is 20.4. The quantitative estimate of drug-likeness (QED) is 0.369. The van der Waals surface area contributed by atoms with E-state index in [-0.39, 0.29) is 5.94 Å². The Morgan fingerprint density at radius 2 is 2.33 bits per heavy atom. The molecule has 1 radical (unpaired) electrons. The molecule has 0 aliphatic rings. The zero-order valence-electron chi connectivity index (χ0n) is 5.70. The van der Waals surface area contributed by atoms with Crippen LogP contribution in [0.15, 0.2) is 0 Å². The number of hydrogen-bond acceptors (Lipinski definition) is 3. The van der Waals surface area contributed by atoms with Crippen LogP contribution in [0.1, 0.15) is 0 Å². The molecule has 1 atom stereocenters. The molecule has 9 heavy (non-hydrogen) atoms. The highest BCUT2D eigenvalue weighted by molar-refractivity contribution is 8.48. The average molecular weight is 167 g/mol. The van der Waals surface area contributed by atoms with Gasteiger partial charge < -0.3 is 9.29 Å². The molecule has 0 saturated carbocycles. The van der Waals surface area contributed by atoms with Gasteiger partial charge in [0, 0.05) is 0 Å². The molecule has 0 saturated heterocycles. The number of aliphatic hydroxyl groups excluding tert-OH is 1. The lowest BCUT2D eigenvalue weighted by atomic mass is 10.2. The third kappa shape index (κ3) is 3.40. The fourth-order valence-corrected chi connectivity index (χ4v) is 1.62. The molecule has 0 heterocycles. The third-order valence-corrected chi connectivity index (χ3v) is 3.55. The zero-order valence-corrected chi connectivity index (χ0v) is 7.41. The van der Waals surface area contributed by atoms with E-state index < -0.39 is 10.2 Å². The van der Waals surface area contributed by atoms with E-state index in [9.17, 15) is 0 Å². The average Bonchev–Trinajstić information content (AvgIpc) is 1.89. The topological polar surface area (TPSA) is 29.5 Å². The highest BCUT2D eigenvalue weighted by Crippen LogP contribution is 2.41. The van der Waals surface area contributed by atoms with Gasteiger partial charge in [-0.25, -0.2) is 0 Å². The molecule has 55 valence electrons. The minimum absolute atomic E-state index is 0.0874. The van der Waals surface area contributed by atoms with Crippen molar-refractivity contribution in [1.82, 2.24) is 0 Å². The van der Waals surface area contributed by atoms with Crippen molar-refractivity contribution in [3.63, 3.8) is 0 Å². The predicted octanol–water partition coefficient (Wildman–Crippen LogP) is 0.857. The van der Waals surface area contributed by atoms with Gasteiger partial charge in [-0.2, -0.15) is 22.8 Å². The number of aliphatic hydroxyl groups is 1. The van der Waals surface area contributed by atoms with Gasteiger partial charge >= 0.3 is 0 Å². The summed E-state index contributed by atoms with van der Waals surface area (Å²) in [5, 5.41) is 8.76. The first-order valence-corrected chi connectivity index (χ1v) is 5.43. The SMILES string of the molecule is C[B]S(C)(CO)OCS. The second-order valence-electron chi connectivity index (χ2n) is 1.68. The van der Waals surface area contributed by atoms with Gasteiger partial charge in [-0.05, 0) is 6.26 Å². The van der Waals surface area contributed by atoms with Crippen LogP contribution in [0.3, 0.4) is 0 Å². The Bertz CT molecular complexity index is 77.0. The zero-order chi connectivity index (χ0) is 7.33. The Hall–Kier alpha value is 0.685. The van der Waals surface area contributed by atoms with Crippen LogP contribution in [0.5, 0.6) is 0 Å². The van der Waals surface area contributed by atoms with Gasteiger partial charge in [0.15, 0.2) is 0 Å². The summed E-state index contributed by atoms with van der Waals surface area (Å²) < 4.78 is 5.17. The second-order valence-corrected chi connectivity index (χ2v) is 5.05. The molecule has 0 aliphatic carbocycles. The maximum Gasteiger partial charge on any atom is 0.202 e. The van der Waals surface area contributed by atoms with Crippen molar-refractivity contribution in [3.05, 3.63) is 0 Å². The number of rotatable bonds is 4. The standard InChI is InChI=1S/C4H12BO2S2/c1-5-9(2,3-6)7-4-8/h6,8H,3-4H2,1-2H3. The summed E-state index contributed by atoms with van der Waals surface area (Å²) in [5.74, 6) is 0.459. The predicted molar refractivity (Wildman–Crippen MR) is 47.2 cm³/mol. The van der Waals surface area contributed by atoms with Gasteiger partial charge in [0.25, 0.3) is 0 Å². The van der Waals surface area contributed by atoms with E-state index >= 15 is 0 Å². The fourth-order valence-electron chi connectivity index (χ4n) is 0.300. The molecule has 0 aromatic rings. The molecule has 0 aliphatic heterocycles. The number of thiol groups is 1. The Kier molecular flexibility index (Phi) is 4.83. The Balaban J connectivity index is 3.62. The molecule has 0 rings (SSSR count). The molecule has 5 heteroatoms. The summed E-state index contributed by atoms with van der Waals surface area (Å²) in [6.07, 6.45) is 1.89. The van der Waals surface area contributed by atoms with E-state index in [1.165, 1.54) is 0 Å². The van der Waals surface area contributed by atoms with E-state index in [1.807, 2.05) is 19.6 Å². The molecule has 0 fully saturated rings. The van der Waals surface area contributed by atoms with E-state index in [4.69, 9.17) is 9.29 Å². The lowest BCUT2D eigenvalue weighted by Gasteiger charge is -2.30. The second kappa shape index (κ2) is 4.49. The van der Waals surface area contributed by atoms with Crippen LogP contribution in [0, 0.1) is 0 Å². The van der Waals surface area contributed by atoms with Crippen LogP contribution in [0.25, 0.3) is 0 Å². The summed E-state index contributed by atoms with van der Waals surface area (Å²) >= 11 is 3.89. The molecule has 0 aromatic heterocycles. The van der Waals surface area contributed by atoms with Gasteiger partial charge in [0.05, 0.1) is 5.94 Å². The summed E-state index contributed by atoms with van der Waals surface area (Å²) in [7, 11) is -1.31. The first kappa shape index (κ1) is 9.68.